The molecule has 9 nitrogen and oxygen atoms in total. The number of aliphatic imine (C=N–C) groups is 1. The number of nitrogens with zero attached hydrogens (tertiary/aromatic N) is 2. The van der Waals surface area contributed by atoms with Gasteiger partial charge in [0.1, 0.15) is 0 Å². The number of alkyl halides is 3. The molecule has 33 heavy (non-hydrogen) atoms. The van der Waals surface area contributed by atoms with Crippen LogP contribution in [0.15, 0.2) is 46.3 Å². The van der Waals surface area contributed by atoms with Crippen LogP contribution in [0.5, 0.6) is 0 Å². The van der Waals surface area contributed by atoms with Crippen molar-refractivity contribution in [1.29, 1.82) is 0 Å². The van der Waals surface area contributed by atoms with E-state index in [2.05, 4.69) is 21.2 Å². The minimum absolute atomic E-state index is 0.0126. The van der Waals surface area contributed by atoms with Crippen LogP contribution in [-0.2, 0) is 22.0 Å². The van der Waals surface area contributed by atoms with Gasteiger partial charge in [0.25, 0.3) is 0 Å². The number of guanidine groups is 1. The second-order valence-corrected chi connectivity index (χ2v) is 9.92. The van der Waals surface area contributed by atoms with Crippen LogP contribution in [0.4, 0.5) is 13.2 Å². The predicted octanol–water partition coefficient (Wildman–Crippen LogP) is 1.11. The average molecular weight is 504 g/mol. The SMILES string of the molecule is NC1=NC(N)(c2cc(Cl)c(-c3ccc(S(=O)(=O)N4CCNCC4)cc3)c(C(F)(F)F)c2)NN1. The molecular formula is C19H21ClF3N7O2S. The third kappa shape index (κ3) is 4.52. The van der Waals surface area contributed by atoms with E-state index in [1.165, 1.54) is 34.6 Å². The Morgan fingerprint density at radius 3 is 2.30 bits per heavy atom. The van der Waals surface area contributed by atoms with E-state index in [4.69, 9.17) is 23.1 Å². The van der Waals surface area contributed by atoms with Crippen molar-refractivity contribution in [1.82, 2.24) is 20.5 Å². The Hall–Kier alpha value is -2.42. The van der Waals surface area contributed by atoms with Crippen molar-refractivity contribution in [3.8, 4) is 11.1 Å². The summed E-state index contributed by atoms with van der Waals surface area (Å²) in [5.41, 5.74) is 15.2. The third-order valence-corrected chi connectivity index (χ3v) is 7.58. The smallest absolute Gasteiger partial charge is 0.369 e. The summed E-state index contributed by atoms with van der Waals surface area (Å²) < 4.78 is 68.9. The van der Waals surface area contributed by atoms with Gasteiger partial charge in [-0.2, -0.15) is 22.9 Å². The van der Waals surface area contributed by atoms with E-state index in [1.54, 1.807) is 0 Å². The molecule has 7 N–H and O–H groups in total. The number of sulfonamides is 1. The Balaban J connectivity index is 1.76. The molecule has 1 saturated heterocycles. The van der Waals surface area contributed by atoms with E-state index in [1.807, 2.05) is 0 Å². The van der Waals surface area contributed by atoms with E-state index in [0.29, 0.717) is 26.2 Å². The summed E-state index contributed by atoms with van der Waals surface area (Å²) in [5.74, 6) is -1.83. The Bertz CT molecular complexity index is 1200. The first-order valence-corrected chi connectivity index (χ1v) is 11.6. The maximum atomic E-state index is 14.0. The summed E-state index contributed by atoms with van der Waals surface area (Å²) in [5, 5.41) is 2.83. The summed E-state index contributed by atoms with van der Waals surface area (Å²) >= 11 is 6.29. The fourth-order valence-corrected chi connectivity index (χ4v) is 5.48. The van der Waals surface area contributed by atoms with E-state index in [-0.39, 0.29) is 32.6 Å². The Morgan fingerprint density at radius 2 is 1.76 bits per heavy atom. The largest absolute Gasteiger partial charge is 0.417 e. The second kappa shape index (κ2) is 8.42. The minimum atomic E-state index is -4.78. The molecule has 1 unspecified atom stereocenters. The maximum Gasteiger partial charge on any atom is 0.417 e. The molecule has 1 fully saturated rings. The lowest BCUT2D eigenvalue weighted by molar-refractivity contribution is -0.137. The van der Waals surface area contributed by atoms with Crippen LogP contribution < -0.4 is 27.6 Å². The van der Waals surface area contributed by atoms with Gasteiger partial charge in [-0.3, -0.25) is 11.2 Å². The molecule has 0 saturated carbocycles. The molecule has 0 spiro atoms. The first kappa shape index (κ1) is 23.7. The topological polar surface area (TPSA) is 138 Å². The highest BCUT2D eigenvalue weighted by molar-refractivity contribution is 7.89. The second-order valence-electron chi connectivity index (χ2n) is 7.57. The molecule has 0 aromatic heterocycles. The number of piperazine rings is 1. The standard InChI is InChI=1S/C19H21ClF3N7O2S/c20-15-10-12(19(25)27-17(24)28-29-19)9-14(18(21,22)23)16(15)11-1-3-13(4-2-11)33(31,32)30-7-5-26-6-8-30/h1-4,9-10,26,29H,5-8,25H2,(H3,24,27,28). The van der Waals surface area contributed by atoms with Crippen LogP contribution in [0.25, 0.3) is 11.1 Å². The van der Waals surface area contributed by atoms with Crippen molar-refractivity contribution in [3.05, 3.63) is 52.5 Å². The number of hydrazine groups is 1. The van der Waals surface area contributed by atoms with Gasteiger partial charge in [0.05, 0.1) is 10.5 Å². The quantitative estimate of drug-likeness (QED) is 0.421. The molecule has 0 bridgehead atoms. The van der Waals surface area contributed by atoms with Crippen LogP contribution >= 0.6 is 11.6 Å². The van der Waals surface area contributed by atoms with Crippen molar-refractivity contribution in [2.45, 2.75) is 16.9 Å². The van der Waals surface area contributed by atoms with E-state index < -0.39 is 27.5 Å². The van der Waals surface area contributed by atoms with Gasteiger partial charge in [-0.15, -0.1) is 0 Å². The van der Waals surface area contributed by atoms with Gasteiger partial charge in [-0.05, 0) is 29.8 Å². The number of hydrogen-bond acceptors (Lipinski definition) is 8. The van der Waals surface area contributed by atoms with Crippen LogP contribution in [0, 0.1) is 0 Å². The monoisotopic (exact) mass is 503 g/mol. The number of halogens is 4. The zero-order chi connectivity index (χ0) is 24.0. The van der Waals surface area contributed by atoms with E-state index >= 15 is 0 Å². The van der Waals surface area contributed by atoms with Crippen LogP contribution in [-0.4, -0.2) is 44.9 Å². The van der Waals surface area contributed by atoms with Crippen molar-refractivity contribution >= 4 is 27.6 Å². The van der Waals surface area contributed by atoms with Crippen LogP contribution in [0.2, 0.25) is 5.02 Å². The fourth-order valence-electron chi connectivity index (χ4n) is 3.71. The summed E-state index contributed by atoms with van der Waals surface area (Å²) in [4.78, 5) is 3.88. The Morgan fingerprint density at radius 1 is 1.12 bits per heavy atom. The van der Waals surface area contributed by atoms with Gasteiger partial charge in [-0.25, -0.2) is 13.4 Å². The van der Waals surface area contributed by atoms with Crippen molar-refractivity contribution in [2.75, 3.05) is 26.2 Å². The lowest BCUT2D eigenvalue weighted by atomic mass is 9.95. The molecule has 4 rings (SSSR count). The molecule has 14 heteroatoms. The minimum Gasteiger partial charge on any atom is -0.369 e. The molecule has 0 amide bonds. The van der Waals surface area contributed by atoms with Gasteiger partial charge in [0.2, 0.25) is 21.8 Å². The van der Waals surface area contributed by atoms with Gasteiger partial charge >= 0.3 is 6.18 Å². The highest BCUT2D eigenvalue weighted by Gasteiger charge is 2.39. The normalized spacial score (nSPS) is 22.2. The summed E-state index contributed by atoms with van der Waals surface area (Å²) in [6.45, 7) is 1.67. The molecule has 0 radical (unpaired) electrons. The van der Waals surface area contributed by atoms with Gasteiger partial charge in [0, 0.05) is 42.3 Å². The van der Waals surface area contributed by atoms with Crippen molar-refractivity contribution < 1.29 is 21.6 Å². The molecule has 1 atom stereocenters. The Kier molecular flexibility index (Phi) is 6.05. The van der Waals surface area contributed by atoms with Crippen molar-refractivity contribution in [2.24, 2.45) is 16.5 Å². The molecular weight excluding hydrogens is 483 g/mol. The highest BCUT2D eigenvalue weighted by atomic mass is 35.5. The summed E-state index contributed by atoms with van der Waals surface area (Å²) in [6.07, 6.45) is -4.78. The summed E-state index contributed by atoms with van der Waals surface area (Å²) in [6, 6.07) is 7.24. The number of nitrogens with one attached hydrogen (secondary N) is 3. The predicted molar refractivity (Wildman–Crippen MR) is 117 cm³/mol. The molecule has 2 aromatic rings. The lowest BCUT2D eigenvalue weighted by Gasteiger charge is -2.26. The molecule has 2 heterocycles. The Labute approximate surface area is 193 Å². The third-order valence-electron chi connectivity index (χ3n) is 5.37. The molecule has 0 aliphatic carbocycles. The van der Waals surface area contributed by atoms with Gasteiger partial charge in [-0.1, -0.05) is 23.7 Å². The zero-order valence-corrected chi connectivity index (χ0v) is 18.7. The average Bonchev–Trinajstić information content (AvgIpc) is 3.13. The molecule has 2 aromatic carbocycles. The van der Waals surface area contributed by atoms with Crippen molar-refractivity contribution in [3.63, 3.8) is 0 Å². The maximum absolute atomic E-state index is 14.0. The van der Waals surface area contributed by atoms with Crippen LogP contribution in [0.1, 0.15) is 11.1 Å². The molecule has 178 valence electrons. The molecule has 2 aliphatic heterocycles. The highest BCUT2D eigenvalue weighted by Crippen LogP contribution is 2.43. The van der Waals surface area contributed by atoms with E-state index in [9.17, 15) is 21.6 Å². The van der Waals surface area contributed by atoms with Crippen LogP contribution in [0.3, 0.4) is 0 Å². The summed E-state index contributed by atoms with van der Waals surface area (Å²) in [7, 11) is -3.76. The lowest BCUT2D eigenvalue weighted by Crippen LogP contribution is -2.50. The zero-order valence-electron chi connectivity index (χ0n) is 17.1. The first-order valence-electron chi connectivity index (χ1n) is 9.82. The van der Waals surface area contributed by atoms with Gasteiger partial charge < -0.3 is 11.1 Å². The number of nitrogens with two attached hydrogens (primary N) is 2. The molecule has 2 aliphatic rings. The van der Waals surface area contributed by atoms with E-state index in [0.717, 1.165) is 6.07 Å². The fraction of sp³-hybridized carbons (Fsp3) is 0.316. The number of benzene rings is 2. The number of hydrogen-bond donors (Lipinski definition) is 5. The number of rotatable bonds is 4. The first-order chi connectivity index (χ1) is 15.4. The van der Waals surface area contributed by atoms with Gasteiger partial charge in [0.15, 0.2) is 0 Å².